The van der Waals surface area contributed by atoms with Crippen LogP contribution >= 0.6 is 11.6 Å². The van der Waals surface area contributed by atoms with Crippen molar-refractivity contribution in [2.75, 3.05) is 5.32 Å². The van der Waals surface area contributed by atoms with Crippen molar-refractivity contribution in [1.29, 1.82) is 5.26 Å². The maximum atomic E-state index is 16.3. The van der Waals surface area contributed by atoms with Gasteiger partial charge >= 0.3 is 5.97 Å². The van der Waals surface area contributed by atoms with Gasteiger partial charge in [-0.3, -0.25) is 4.79 Å². The number of aromatic amines is 1. The summed E-state index contributed by atoms with van der Waals surface area (Å²) in [6.07, 6.45) is 4.97. The molecule has 3 saturated carbocycles. The number of pyridine rings is 1. The number of aliphatic carboxylic acids is 1. The van der Waals surface area contributed by atoms with Gasteiger partial charge in [-0.2, -0.15) is 5.26 Å². The predicted octanol–water partition coefficient (Wildman–Crippen LogP) is 8.03. The lowest BCUT2D eigenvalue weighted by Crippen LogP contribution is -2.51. The number of carboxylic acid groups (broad SMARTS) is 1. The maximum Gasteiger partial charge on any atom is 0.308 e. The van der Waals surface area contributed by atoms with Gasteiger partial charge in [0.2, 0.25) is 0 Å². The average Bonchev–Trinajstić information content (AvgIpc) is 3.39. The molecule has 2 unspecified atom stereocenters. The lowest BCUT2D eigenvalue weighted by molar-refractivity contribution is -0.148. The molecule has 3 aliphatic rings. The number of benzene rings is 2. The smallest absolute Gasteiger partial charge is 0.308 e. The number of H-pyrrole nitrogens is 1. The molecule has 0 saturated heterocycles. The Morgan fingerprint density at radius 2 is 1.80 bits per heavy atom. The van der Waals surface area contributed by atoms with E-state index in [0.717, 1.165) is 25.7 Å². The number of rotatable bonds is 5. The maximum absolute atomic E-state index is 16.3. The summed E-state index contributed by atoms with van der Waals surface area (Å²) in [6, 6.07) is 12.7. The molecule has 40 heavy (non-hydrogen) atoms. The van der Waals surface area contributed by atoms with Crippen molar-refractivity contribution in [1.82, 2.24) is 9.97 Å². The summed E-state index contributed by atoms with van der Waals surface area (Å²) >= 11 is 6.25. The zero-order valence-electron chi connectivity index (χ0n) is 22.1. The standard InChI is InChI=1S/C29H23ClF2N4O2.C2H6/c30-21-11-17(31)10-18-20(13-34-27(18)21)26-19(12-33)22(14-4-2-1-3-5-14)24(32)28(36-26)35-25-16-8-6-15(7-9-16)23(25)29(37)38;1-2/h1-5,10-11,13,15-16,23,25,34H,6-9H2,(H,35,36)(H,37,38);1-2H3. The van der Waals surface area contributed by atoms with Crippen LogP contribution in [0.5, 0.6) is 0 Å². The number of halogens is 3. The summed E-state index contributed by atoms with van der Waals surface area (Å²) in [4.78, 5) is 19.8. The van der Waals surface area contributed by atoms with E-state index in [1.54, 1.807) is 36.5 Å². The zero-order valence-corrected chi connectivity index (χ0v) is 22.9. The van der Waals surface area contributed by atoms with Gasteiger partial charge in [0.1, 0.15) is 11.9 Å². The topological polar surface area (TPSA) is 102 Å². The number of nitrogens with one attached hydrogen (secondary N) is 2. The number of nitriles is 1. The van der Waals surface area contributed by atoms with E-state index < -0.39 is 29.6 Å². The van der Waals surface area contributed by atoms with Crippen LogP contribution in [0, 0.1) is 40.7 Å². The Morgan fingerprint density at radius 3 is 2.45 bits per heavy atom. The van der Waals surface area contributed by atoms with Crippen LogP contribution in [0.25, 0.3) is 33.3 Å². The van der Waals surface area contributed by atoms with Crippen molar-refractivity contribution in [3.8, 4) is 28.5 Å². The van der Waals surface area contributed by atoms with E-state index >= 15 is 4.39 Å². The Balaban J connectivity index is 0.00000158. The summed E-state index contributed by atoms with van der Waals surface area (Å²) in [5, 5.41) is 24.0. The first-order valence-electron chi connectivity index (χ1n) is 13.5. The highest BCUT2D eigenvalue weighted by molar-refractivity contribution is 6.35. The molecular weight excluding hydrogens is 534 g/mol. The van der Waals surface area contributed by atoms with Crippen LogP contribution in [0.2, 0.25) is 5.02 Å². The van der Waals surface area contributed by atoms with Crippen molar-refractivity contribution in [2.24, 2.45) is 17.8 Å². The van der Waals surface area contributed by atoms with Crippen LogP contribution in [0.15, 0.2) is 48.7 Å². The summed E-state index contributed by atoms with van der Waals surface area (Å²) in [7, 11) is 0. The van der Waals surface area contributed by atoms with Crippen molar-refractivity contribution >= 4 is 34.3 Å². The van der Waals surface area contributed by atoms with E-state index in [2.05, 4.69) is 21.4 Å². The molecule has 3 N–H and O–H groups in total. The molecule has 0 radical (unpaired) electrons. The van der Waals surface area contributed by atoms with Gasteiger partial charge in [-0.1, -0.05) is 55.8 Å². The Labute approximate surface area is 236 Å². The Hall–Kier alpha value is -3.96. The van der Waals surface area contributed by atoms with E-state index in [4.69, 9.17) is 11.6 Å². The van der Waals surface area contributed by atoms with Crippen LogP contribution in [-0.2, 0) is 4.79 Å². The highest BCUT2D eigenvalue weighted by atomic mass is 35.5. The molecule has 0 spiro atoms. The summed E-state index contributed by atoms with van der Waals surface area (Å²) in [6.45, 7) is 4.00. The third kappa shape index (κ3) is 4.69. The number of carboxylic acids is 1. The highest BCUT2D eigenvalue weighted by Crippen LogP contribution is 2.47. The van der Waals surface area contributed by atoms with Gasteiger partial charge in [0.25, 0.3) is 0 Å². The van der Waals surface area contributed by atoms with Gasteiger partial charge in [-0.05, 0) is 55.2 Å². The normalized spacial score (nSPS) is 21.4. The number of nitrogens with zero attached hydrogens (tertiary/aromatic N) is 2. The van der Waals surface area contributed by atoms with Crippen LogP contribution < -0.4 is 5.32 Å². The lowest BCUT2D eigenvalue weighted by Gasteiger charge is -2.47. The molecule has 6 nitrogen and oxygen atoms in total. The second-order valence-electron chi connectivity index (χ2n) is 10.1. The largest absolute Gasteiger partial charge is 0.481 e. The fourth-order valence-corrected chi connectivity index (χ4v) is 6.62. The first-order chi connectivity index (χ1) is 19.4. The molecule has 2 bridgehead atoms. The molecule has 9 heteroatoms. The fourth-order valence-electron chi connectivity index (χ4n) is 6.36. The minimum Gasteiger partial charge on any atom is -0.481 e. The number of hydrogen-bond acceptors (Lipinski definition) is 4. The second-order valence-corrected chi connectivity index (χ2v) is 10.5. The second kappa shape index (κ2) is 11.3. The molecule has 2 aromatic heterocycles. The molecule has 0 amide bonds. The molecule has 4 aromatic rings. The SMILES string of the molecule is CC.N#Cc1c(-c2c[nH]c3c(Cl)cc(F)cc23)nc(NC2C3CCC(CC3)C2C(=O)O)c(F)c1-c1ccccc1. The van der Waals surface area contributed by atoms with Crippen molar-refractivity contribution in [2.45, 2.75) is 45.6 Å². The molecule has 2 aromatic carbocycles. The average molecular weight is 563 g/mol. The first-order valence-corrected chi connectivity index (χ1v) is 13.9. The lowest BCUT2D eigenvalue weighted by atomic mass is 9.61. The van der Waals surface area contributed by atoms with Crippen LogP contribution in [0.4, 0.5) is 14.6 Å². The van der Waals surface area contributed by atoms with Crippen molar-refractivity contribution < 1.29 is 18.7 Å². The molecule has 3 aliphatic carbocycles. The van der Waals surface area contributed by atoms with Gasteiger partial charge in [-0.25, -0.2) is 13.8 Å². The number of aromatic nitrogens is 2. The summed E-state index contributed by atoms with van der Waals surface area (Å²) in [5.74, 6) is -2.90. The Morgan fingerprint density at radius 1 is 1.12 bits per heavy atom. The number of anilines is 1. The van der Waals surface area contributed by atoms with Crippen molar-refractivity contribution in [3.05, 3.63) is 70.9 Å². The minimum absolute atomic E-state index is 0.0134. The van der Waals surface area contributed by atoms with Gasteiger partial charge in [-0.15, -0.1) is 0 Å². The molecule has 2 heterocycles. The van der Waals surface area contributed by atoms with Crippen LogP contribution in [-0.4, -0.2) is 27.1 Å². The van der Waals surface area contributed by atoms with E-state index in [-0.39, 0.29) is 39.5 Å². The monoisotopic (exact) mass is 562 g/mol. The van der Waals surface area contributed by atoms with Crippen LogP contribution in [0.1, 0.15) is 45.1 Å². The molecular formula is C31H29ClF2N4O2. The highest BCUT2D eigenvalue weighted by Gasteiger charge is 2.47. The molecule has 206 valence electrons. The predicted molar refractivity (Wildman–Crippen MR) is 152 cm³/mol. The van der Waals surface area contributed by atoms with Gasteiger partial charge in [0.15, 0.2) is 11.6 Å². The first kappa shape index (κ1) is 27.6. The molecule has 7 rings (SSSR count). The summed E-state index contributed by atoms with van der Waals surface area (Å²) in [5.41, 5.74) is 1.50. The zero-order chi connectivity index (χ0) is 28.6. The number of carbonyl (C=O) groups is 1. The summed E-state index contributed by atoms with van der Waals surface area (Å²) < 4.78 is 30.6. The third-order valence-electron chi connectivity index (χ3n) is 8.08. The molecule has 2 atom stereocenters. The van der Waals surface area contributed by atoms with E-state index in [9.17, 15) is 19.6 Å². The molecule has 0 aliphatic heterocycles. The van der Waals surface area contributed by atoms with Gasteiger partial charge < -0.3 is 15.4 Å². The quantitative estimate of drug-likeness (QED) is 0.228. The van der Waals surface area contributed by atoms with Gasteiger partial charge in [0.05, 0.1) is 27.7 Å². The van der Waals surface area contributed by atoms with E-state index in [1.165, 1.54) is 12.1 Å². The van der Waals surface area contributed by atoms with Crippen LogP contribution in [0.3, 0.4) is 0 Å². The fraction of sp³-hybridized carbons (Fsp3) is 0.323. The van der Waals surface area contributed by atoms with Crippen molar-refractivity contribution in [3.63, 3.8) is 0 Å². The van der Waals surface area contributed by atoms with Gasteiger partial charge in [0, 0.05) is 28.8 Å². The Kier molecular flexibility index (Phi) is 7.77. The third-order valence-corrected chi connectivity index (χ3v) is 8.38. The Bertz CT molecular complexity index is 1610. The number of hydrogen-bond donors (Lipinski definition) is 3. The van der Waals surface area contributed by atoms with E-state index in [0.29, 0.717) is 22.0 Å². The number of fused-ring (bicyclic) bond motifs is 4. The minimum atomic E-state index is -0.906. The van der Waals surface area contributed by atoms with E-state index in [1.807, 2.05) is 13.8 Å². The molecule has 3 fully saturated rings.